The average Bonchev–Trinajstić information content (AvgIpc) is 3.11. The fraction of sp³-hybridized carbons (Fsp3) is 0.636. The molecule has 2 aromatic heterocycles. The van der Waals surface area contributed by atoms with Crippen molar-refractivity contribution in [2.45, 2.75) is 34.1 Å². The van der Waals surface area contributed by atoms with Gasteiger partial charge in [0.25, 0.3) is 5.91 Å². The summed E-state index contributed by atoms with van der Waals surface area (Å²) in [5, 5.41) is 4.34. The summed E-state index contributed by atoms with van der Waals surface area (Å²) in [5.41, 5.74) is 2.99. The highest BCUT2D eigenvalue weighted by Gasteiger charge is 2.29. The molecule has 0 saturated carbocycles. The van der Waals surface area contributed by atoms with Crippen LogP contribution in [-0.2, 0) is 4.79 Å². The molecule has 2 atom stereocenters. The number of hydrogen-bond acceptors (Lipinski definition) is 5. The van der Waals surface area contributed by atoms with E-state index in [1.807, 2.05) is 29.7 Å². The fourth-order valence-electron chi connectivity index (χ4n) is 4.86. The van der Waals surface area contributed by atoms with Gasteiger partial charge >= 0.3 is 0 Å². The van der Waals surface area contributed by atoms with Crippen LogP contribution in [0.25, 0.3) is 5.65 Å². The maximum atomic E-state index is 13.1. The first-order valence-corrected chi connectivity index (χ1v) is 10.9. The molecule has 2 saturated heterocycles. The van der Waals surface area contributed by atoms with Crippen molar-refractivity contribution in [3.8, 4) is 0 Å². The third-order valence-corrected chi connectivity index (χ3v) is 6.25. The standard InChI is InChI=1S/C22H32N6O2/c1-15-9-16(2)13-27(12-15)20(29)14-25-5-7-26(8-6-25)22(30)19-11-23-28-18(4)10-17(3)24-21(19)28/h10-11,15-16H,5-9,12-14H2,1-4H3/t15-,16+. The molecule has 4 rings (SSSR count). The van der Waals surface area contributed by atoms with Crippen molar-refractivity contribution < 1.29 is 9.59 Å². The zero-order valence-electron chi connectivity index (χ0n) is 18.5. The molecular weight excluding hydrogens is 380 g/mol. The van der Waals surface area contributed by atoms with Crippen LogP contribution in [0.15, 0.2) is 12.3 Å². The zero-order chi connectivity index (χ0) is 21.4. The van der Waals surface area contributed by atoms with Crippen molar-refractivity contribution in [3.63, 3.8) is 0 Å². The normalized spacial score (nSPS) is 23.2. The van der Waals surface area contributed by atoms with Crippen LogP contribution in [0, 0.1) is 25.7 Å². The summed E-state index contributed by atoms with van der Waals surface area (Å²) in [6.07, 6.45) is 2.81. The number of aryl methyl sites for hydroxylation is 2. The maximum Gasteiger partial charge on any atom is 0.259 e. The van der Waals surface area contributed by atoms with Gasteiger partial charge in [0.2, 0.25) is 5.91 Å². The van der Waals surface area contributed by atoms with E-state index in [0.717, 1.165) is 24.5 Å². The van der Waals surface area contributed by atoms with E-state index in [-0.39, 0.29) is 11.8 Å². The van der Waals surface area contributed by atoms with Gasteiger partial charge in [0, 0.05) is 50.7 Å². The average molecular weight is 413 g/mol. The molecular formula is C22H32N6O2. The smallest absolute Gasteiger partial charge is 0.259 e. The lowest BCUT2D eigenvalue weighted by Crippen LogP contribution is -2.53. The van der Waals surface area contributed by atoms with E-state index >= 15 is 0 Å². The number of amides is 2. The zero-order valence-corrected chi connectivity index (χ0v) is 18.5. The van der Waals surface area contributed by atoms with Gasteiger partial charge in [-0.3, -0.25) is 14.5 Å². The molecule has 0 aliphatic carbocycles. The van der Waals surface area contributed by atoms with E-state index < -0.39 is 0 Å². The highest BCUT2D eigenvalue weighted by atomic mass is 16.2. The molecule has 0 radical (unpaired) electrons. The molecule has 0 bridgehead atoms. The van der Waals surface area contributed by atoms with Gasteiger partial charge in [-0.25, -0.2) is 9.50 Å². The van der Waals surface area contributed by atoms with Gasteiger partial charge in [-0.2, -0.15) is 5.10 Å². The van der Waals surface area contributed by atoms with Gasteiger partial charge in [-0.1, -0.05) is 13.8 Å². The quantitative estimate of drug-likeness (QED) is 0.766. The third-order valence-electron chi connectivity index (χ3n) is 6.25. The molecule has 2 fully saturated rings. The Kier molecular flexibility index (Phi) is 5.77. The fourth-order valence-corrected chi connectivity index (χ4v) is 4.86. The first kappa shape index (κ1) is 20.8. The maximum absolute atomic E-state index is 13.1. The van der Waals surface area contributed by atoms with Gasteiger partial charge in [-0.15, -0.1) is 0 Å². The number of aromatic nitrogens is 3. The van der Waals surface area contributed by atoms with Gasteiger partial charge in [-0.05, 0) is 38.2 Å². The predicted octanol–water partition coefficient (Wildman–Crippen LogP) is 1.61. The highest BCUT2D eigenvalue weighted by Crippen LogP contribution is 2.21. The molecule has 4 heterocycles. The Labute approximate surface area is 177 Å². The number of likely N-dealkylation sites (tertiary alicyclic amines) is 1. The first-order chi connectivity index (χ1) is 14.3. The van der Waals surface area contributed by atoms with E-state index in [0.29, 0.717) is 55.8 Å². The number of piperazine rings is 1. The van der Waals surface area contributed by atoms with E-state index in [2.05, 4.69) is 28.8 Å². The summed E-state index contributed by atoms with van der Waals surface area (Å²) in [6, 6.07) is 1.95. The summed E-state index contributed by atoms with van der Waals surface area (Å²) >= 11 is 0. The van der Waals surface area contributed by atoms with Crippen LogP contribution in [0.4, 0.5) is 0 Å². The number of fused-ring (bicyclic) bond motifs is 1. The Hall–Kier alpha value is -2.48. The summed E-state index contributed by atoms with van der Waals surface area (Å²) in [4.78, 5) is 36.4. The third kappa shape index (κ3) is 4.19. The van der Waals surface area contributed by atoms with Gasteiger partial charge in [0.05, 0.1) is 12.7 Å². The van der Waals surface area contributed by atoms with Crippen LogP contribution in [0.3, 0.4) is 0 Å². The Morgan fingerprint density at radius 2 is 1.70 bits per heavy atom. The summed E-state index contributed by atoms with van der Waals surface area (Å²) in [7, 11) is 0. The molecule has 8 nitrogen and oxygen atoms in total. The van der Waals surface area contributed by atoms with Crippen molar-refractivity contribution >= 4 is 17.5 Å². The van der Waals surface area contributed by atoms with E-state index in [4.69, 9.17) is 0 Å². The van der Waals surface area contributed by atoms with Gasteiger partial charge in [0.15, 0.2) is 5.65 Å². The van der Waals surface area contributed by atoms with Gasteiger partial charge < -0.3 is 9.80 Å². The van der Waals surface area contributed by atoms with Crippen LogP contribution in [0.1, 0.15) is 42.0 Å². The van der Waals surface area contributed by atoms with E-state index in [1.165, 1.54) is 6.42 Å². The molecule has 2 aliphatic rings. The molecule has 2 aliphatic heterocycles. The molecule has 2 aromatic rings. The number of hydrogen-bond donors (Lipinski definition) is 0. The van der Waals surface area contributed by atoms with Gasteiger partial charge in [0.1, 0.15) is 5.56 Å². The second kappa shape index (κ2) is 8.34. The Morgan fingerprint density at radius 1 is 1.03 bits per heavy atom. The van der Waals surface area contributed by atoms with Crippen molar-refractivity contribution in [2.24, 2.45) is 11.8 Å². The number of piperidine rings is 1. The first-order valence-electron chi connectivity index (χ1n) is 10.9. The van der Waals surface area contributed by atoms with Crippen LogP contribution >= 0.6 is 0 Å². The van der Waals surface area contributed by atoms with E-state index in [1.54, 1.807) is 10.7 Å². The largest absolute Gasteiger partial charge is 0.341 e. The van der Waals surface area contributed by atoms with E-state index in [9.17, 15) is 9.59 Å². The number of carbonyl (C=O) groups is 2. The Morgan fingerprint density at radius 3 is 2.37 bits per heavy atom. The van der Waals surface area contributed by atoms with Crippen LogP contribution < -0.4 is 0 Å². The lowest BCUT2D eigenvalue weighted by Gasteiger charge is -2.38. The second-order valence-electron chi connectivity index (χ2n) is 9.15. The van der Waals surface area contributed by atoms with Crippen LogP contribution in [0.2, 0.25) is 0 Å². The van der Waals surface area contributed by atoms with Crippen LogP contribution in [-0.4, -0.2) is 86.9 Å². The number of nitrogens with zero attached hydrogens (tertiary/aromatic N) is 6. The Balaban J connectivity index is 1.36. The predicted molar refractivity (Wildman–Crippen MR) is 114 cm³/mol. The second-order valence-corrected chi connectivity index (χ2v) is 9.15. The molecule has 30 heavy (non-hydrogen) atoms. The Bertz CT molecular complexity index is 936. The highest BCUT2D eigenvalue weighted by molar-refractivity contribution is 5.99. The van der Waals surface area contributed by atoms with Crippen molar-refractivity contribution in [1.29, 1.82) is 0 Å². The molecule has 0 aromatic carbocycles. The van der Waals surface area contributed by atoms with Crippen molar-refractivity contribution in [1.82, 2.24) is 29.3 Å². The summed E-state index contributed by atoms with van der Waals surface area (Å²) in [6.45, 7) is 13.1. The molecule has 0 N–H and O–H groups in total. The molecule has 2 amide bonds. The number of carbonyl (C=O) groups excluding carboxylic acids is 2. The minimum atomic E-state index is -0.0350. The molecule has 0 unspecified atom stereocenters. The summed E-state index contributed by atoms with van der Waals surface area (Å²) < 4.78 is 1.72. The number of rotatable bonds is 3. The lowest BCUT2D eigenvalue weighted by molar-refractivity contribution is -0.135. The van der Waals surface area contributed by atoms with Crippen LogP contribution in [0.5, 0.6) is 0 Å². The van der Waals surface area contributed by atoms with Crippen molar-refractivity contribution in [3.05, 3.63) is 29.2 Å². The molecule has 8 heteroatoms. The van der Waals surface area contributed by atoms with Crippen molar-refractivity contribution in [2.75, 3.05) is 45.8 Å². The molecule has 162 valence electrons. The monoisotopic (exact) mass is 412 g/mol. The summed E-state index contributed by atoms with van der Waals surface area (Å²) in [5.74, 6) is 1.32. The topological polar surface area (TPSA) is 74.1 Å². The SMILES string of the molecule is Cc1cc(C)n2ncc(C(=O)N3CCN(CC(=O)N4C[C@H](C)C[C@H](C)C4)CC3)c2n1. The minimum absolute atomic E-state index is 0.0350. The molecule has 0 spiro atoms. The lowest BCUT2D eigenvalue weighted by atomic mass is 9.92. The minimum Gasteiger partial charge on any atom is -0.341 e.